The molecule has 0 radical (unpaired) electrons. The summed E-state index contributed by atoms with van der Waals surface area (Å²) >= 11 is 0. The quantitative estimate of drug-likeness (QED) is 0.320. The lowest BCUT2D eigenvalue weighted by molar-refractivity contribution is -0.126. The maximum absolute atomic E-state index is 13.3. The molecule has 3 N–H and O–H groups in total. The molecule has 1 heterocycles. The van der Waals surface area contributed by atoms with Crippen molar-refractivity contribution in [2.24, 2.45) is 5.92 Å². The number of H-pyrrole nitrogens is 1. The fourth-order valence-electron chi connectivity index (χ4n) is 4.10. The van der Waals surface area contributed by atoms with Gasteiger partial charge in [0, 0.05) is 28.9 Å². The molecule has 0 unspecified atom stereocenters. The number of para-hydroxylation sites is 1. The van der Waals surface area contributed by atoms with Crippen LogP contribution in [0, 0.1) is 5.92 Å². The standard InChI is InChI=1S/C26H27N3O4S/c1-17(2)25(29-34(32,33)24-13-7-9-18-8-3-4-11-22(18)24)26(31)28-20(16-30)14-19-15-27-23-12-6-5-10-21(19)23/h3-13,15-17,20,25,27,29H,14H2,1-2H3,(H,28,31)/t20-,25+/m1/s1. The normalized spacial score (nSPS) is 13.7. The number of carbonyl (C=O) groups is 2. The first-order valence-electron chi connectivity index (χ1n) is 11.1. The zero-order valence-corrected chi connectivity index (χ0v) is 19.8. The average Bonchev–Trinajstić information content (AvgIpc) is 3.24. The van der Waals surface area contributed by atoms with Crippen LogP contribution in [0.5, 0.6) is 0 Å². The molecule has 0 saturated carbocycles. The largest absolute Gasteiger partial charge is 0.361 e. The molecule has 7 nitrogen and oxygen atoms in total. The monoisotopic (exact) mass is 477 g/mol. The van der Waals surface area contributed by atoms with E-state index in [-0.39, 0.29) is 10.8 Å². The van der Waals surface area contributed by atoms with Gasteiger partial charge in [0.05, 0.1) is 10.9 Å². The van der Waals surface area contributed by atoms with Gasteiger partial charge in [-0.3, -0.25) is 4.79 Å². The van der Waals surface area contributed by atoms with Crippen molar-refractivity contribution in [3.05, 3.63) is 78.5 Å². The molecule has 1 aromatic heterocycles. The van der Waals surface area contributed by atoms with Crippen LogP contribution in [0.3, 0.4) is 0 Å². The second kappa shape index (κ2) is 9.79. The van der Waals surface area contributed by atoms with Crippen LogP contribution in [0.1, 0.15) is 19.4 Å². The Morgan fingerprint density at radius 1 is 0.971 bits per heavy atom. The smallest absolute Gasteiger partial charge is 0.241 e. The van der Waals surface area contributed by atoms with Crippen LogP contribution < -0.4 is 10.0 Å². The highest BCUT2D eigenvalue weighted by Crippen LogP contribution is 2.24. The molecule has 1 amide bonds. The van der Waals surface area contributed by atoms with Gasteiger partial charge in [-0.05, 0) is 29.0 Å². The highest BCUT2D eigenvalue weighted by Gasteiger charge is 2.30. The van der Waals surface area contributed by atoms with Crippen molar-refractivity contribution >= 4 is 43.9 Å². The van der Waals surface area contributed by atoms with Crippen LogP contribution in [0.15, 0.2) is 77.8 Å². The molecule has 4 aromatic rings. The molecule has 0 saturated heterocycles. The zero-order valence-electron chi connectivity index (χ0n) is 19.0. The molecular weight excluding hydrogens is 450 g/mol. The lowest BCUT2D eigenvalue weighted by atomic mass is 10.0. The molecule has 8 heteroatoms. The van der Waals surface area contributed by atoms with Gasteiger partial charge in [-0.15, -0.1) is 0 Å². The topological polar surface area (TPSA) is 108 Å². The molecule has 0 fully saturated rings. The Morgan fingerprint density at radius 2 is 1.65 bits per heavy atom. The summed E-state index contributed by atoms with van der Waals surface area (Å²) in [4.78, 5) is 28.2. The molecule has 176 valence electrons. The van der Waals surface area contributed by atoms with Crippen molar-refractivity contribution in [1.82, 2.24) is 15.0 Å². The lowest BCUT2D eigenvalue weighted by Crippen LogP contribution is -2.52. The van der Waals surface area contributed by atoms with Gasteiger partial charge in [0.2, 0.25) is 15.9 Å². The van der Waals surface area contributed by atoms with E-state index in [9.17, 15) is 18.0 Å². The van der Waals surface area contributed by atoms with Gasteiger partial charge >= 0.3 is 0 Å². The number of hydrogen-bond acceptors (Lipinski definition) is 4. The third kappa shape index (κ3) is 4.88. The maximum atomic E-state index is 13.3. The molecule has 2 atom stereocenters. The first kappa shape index (κ1) is 23.7. The number of nitrogens with one attached hydrogen (secondary N) is 3. The van der Waals surface area contributed by atoms with Gasteiger partial charge in [-0.2, -0.15) is 4.72 Å². The highest BCUT2D eigenvalue weighted by molar-refractivity contribution is 7.89. The summed E-state index contributed by atoms with van der Waals surface area (Å²) in [5, 5.41) is 5.05. The molecule has 0 aliphatic rings. The molecule has 0 spiro atoms. The zero-order chi connectivity index (χ0) is 24.3. The Bertz CT molecular complexity index is 1440. The van der Waals surface area contributed by atoms with E-state index in [0.29, 0.717) is 18.1 Å². The fraction of sp³-hybridized carbons (Fsp3) is 0.231. The van der Waals surface area contributed by atoms with Crippen molar-refractivity contribution in [3.63, 3.8) is 0 Å². The van der Waals surface area contributed by atoms with Crippen molar-refractivity contribution in [2.45, 2.75) is 37.2 Å². The first-order chi connectivity index (χ1) is 16.3. The predicted octanol–water partition coefficient (Wildman–Crippen LogP) is 3.55. The Kier molecular flexibility index (Phi) is 6.81. The number of sulfonamides is 1. The van der Waals surface area contributed by atoms with Gasteiger partial charge in [0.1, 0.15) is 12.3 Å². The minimum atomic E-state index is -4.00. The third-order valence-corrected chi connectivity index (χ3v) is 7.38. The van der Waals surface area contributed by atoms with E-state index in [4.69, 9.17) is 0 Å². The first-order valence-corrected chi connectivity index (χ1v) is 12.6. The summed E-state index contributed by atoms with van der Waals surface area (Å²) in [5.41, 5.74) is 1.84. The Labute approximate surface area is 198 Å². The molecule has 3 aromatic carbocycles. The number of hydrogen-bond donors (Lipinski definition) is 3. The number of benzene rings is 3. The van der Waals surface area contributed by atoms with Crippen molar-refractivity contribution in [1.29, 1.82) is 0 Å². The minimum absolute atomic E-state index is 0.106. The third-order valence-electron chi connectivity index (χ3n) is 5.88. The van der Waals surface area contributed by atoms with Crippen LogP contribution >= 0.6 is 0 Å². The van der Waals surface area contributed by atoms with E-state index in [0.717, 1.165) is 21.9 Å². The Morgan fingerprint density at radius 3 is 2.38 bits per heavy atom. The molecule has 4 rings (SSSR count). The van der Waals surface area contributed by atoms with Crippen molar-refractivity contribution in [3.8, 4) is 0 Å². The van der Waals surface area contributed by atoms with Crippen molar-refractivity contribution in [2.75, 3.05) is 0 Å². The van der Waals surface area contributed by atoms with Gasteiger partial charge in [-0.1, -0.05) is 68.4 Å². The number of fused-ring (bicyclic) bond motifs is 2. The average molecular weight is 478 g/mol. The van der Waals surface area contributed by atoms with E-state index < -0.39 is 28.0 Å². The fourth-order valence-corrected chi connectivity index (χ4v) is 5.67. The van der Waals surface area contributed by atoms with Gasteiger partial charge < -0.3 is 15.1 Å². The van der Waals surface area contributed by atoms with Crippen LogP contribution in [-0.4, -0.2) is 37.7 Å². The Hall–Kier alpha value is -3.49. The highest BCUT2D eigenvalue weighted by atomic mass is 32.2. The summed E-state index contributed by atoms with van der Waals surface area (Å²) in [6.07, 6.45) is 2.78. The van der Waals surface area contributed by atoms with Crippen LogP contribution in [0.4, 0.5) is 0 Å². The number of carbonyl (C=O) groups excluding carboxylic acids is 2. The number of aldehydes is 1. The van der Waals surface area contributed by atoms with E-state index in [1.165, 1.54) is 6.07 Å². The molecule has 34 heavy (non-hydrogen) atoms. The van der Waals surface area contributed by atoms with Gasteiger partial charge in [0.25, 0.3) is 0 Å². The molecule has 0 bridgehead atoms. The second-order valence-electron chi connectivity index (χ2n) is 8.64. The van der Waals surface area contributed by atoms with Crippen molar-refractivity contribution < 1.29 is 18.0 Å². The summed E-state index contributed by atoms with van der Waals surface area (Å²) < 4.78 is 29.1. The number of aromatic amines is 1. The minimum Gasteiger partial charge on any atom is -0.361 e. The van der Waals surface area contributed by atoms with E-state index in [1.54, 1.807) is 32.0 Å². The summed E-state index contributed by atoms with van der Waals surface area (Å²) in [6, 6.07) is 18.1. The second-order valence-corrected chi connectivity index (χ2v) is 10.3. The maximum Gasteiger partial charge on any atom is 0.241 e. The molecular formula is C26H27N3O4S. The number of aromatic nitrogens is 1. The van der Waals surface area contributed by atoms with E-state index >= 15 is 0 Å². The molecule has 0 aliphatic carbocycles. The SMILES string of the molecule is CC(C)[C@H](NS(=O)(=O)c1cccc2ccccc12)C(=O)N[C@@H](C=O)Cc1c[nH]c2ccccc12. The summed E-state index contributed by atoms with van der Waals surface area (Å²) in [6.45, 7) is 3.51. The summed E-state index contributed by atoms with van der Waals surface area (Å²) in [5.74, 6) is -0.888. The lowest BCUT2D eigenvalue weighted by Gasteiger charge is -2.24. The van der Waals surface area contributed by atoms with E-state index in [2.05, 4.69) is 15.0 Å². The van der Waals surface area contributed by atoms with Crippen LogP contribution in [0.25, 0.3) is 21.7 Å². The van der Waals surface area contributed by atoms with Crippen LogP contribution in [0.2, 0.25) is 0 Å². The summed E-state index contributed by atoms with van der Waals surface area (Å²) in [7, 11) is -4.00. The molecule has 0 aliphatic heterocycles. The van der Waals surface area contributed by atoms with Gasteiger partial charge in [-0.25, -0.2) is 8.42 Å². The number of amides is 1. The predicted molar refractivity (Wildman–Crippen MR) is 133 cm³/mol. The van der Waals surface area contributed by atoms with E-state index in [1.807, 2.05) is 48.7 Å². The van der Waals surface area contributed by atoms with Crippen LogP contribution in [-0.2, 0) is 26.0 Å². The Balaban J connectivity index is 1.54. The number of rotatable bonds is 9. The van der Waals surface area contributed by atoms with Gasteiger partial charge in [0.15, 0.2) is 0 Å².